The van der Waals surface area contributed by atoms with E-state index in [1.807, 2.05) is 0 Å². The number of sulfonamides is 1. The van der Waals surface area contributed by atoms with E-state index in [9.17, 15) is 8.42 Å². The maximum absolute atomic E-state index is 12.4. The van der Waals surface area contributed by atoms with Crippen molar-refractivity contribution in [3.63, 3.8) is 0 Å². The van der Waals surface area contributed by atoms with Crippen molar-refractivity contribution in [2.24, 2.45) is 5.73 Å². The van der Waals surface area contributed by atoms with E-state index in [1.54, 1.807) is 13.0 Å². The molecule has 8 nitrogen and oxygen atoms in total. The second kappa shape index (κ2) is 6.02. The minimum absolute atomic E-state index is 0.00317. The number of methoxy groups -OCH3 is 1. The summed E-state index contributed by atoms with van der Waals surface area (Å²) >= 11 is 0. The molecule has 2 aromatic rings. The quantitative estimate of drug-likeness (QED) is 0.822. The predicted molar refractivity (Wildman–Crippen MR) is 76.3 cm³/mol. The standard InChI is InChI=1S/C12H15N5O3S/c1-8-6-11(20-2)16-12(15-8)17-21(18,19)10-4-3-5-14-9(10)7-13/h3-6H,7,13H2,1-2H3,(H,15,16,17). The van der Waals surface area contributed by atoms with Crippen LogP contribution in [0.2, 0.25) is 0 Å². The van der Waals surface area contributed by atoms with Crippen molar-refractivity contribution in [3.05, 3.63) is 35.8 Å². The van der Waals surface area contributed by atoms with Gasteiger partial charge in [-0.05, 0) is 19.1 Å². The largest absolute Gasteiger partial charge is 0.481 e. The fraction of sp³-hybridized carbons (Fsp3) is 0.250. The lowest BCUT2D eigenvalue weighted by Crippen LogP contribution is -2.19. The smallest absolute Gasteiger partial charge is 0.266 e. The minimum atomic E-state index is -3.87. The van der Waals surface area contributed by atoms with Gasteiger partial charge in [0.25, 0.3) is 10.0 Å². The maximum Gasteiger partial charge on any atom is 0.266 e. The van der Waals surface area contributed by atoms with Crippen LogP contribution in [0.25, 0.3) is 0 Å². The first kappa shape index (κ1) is 15.1. The fourth-order valence-electron chi connectivity index (χ4n) is 1.69. The molecule has 3 N–H and O–H groups in total. The van der Waals surface area contributed by atoms with E-state index in [1.165, 1.54) is 25.4 Å². The molecule has 9 heteroatoms. The summed E-state index contributed by atoms with van der Waals surface area (Å²) < 4.78 is 32.0. The van der Waals surface area contributed by atoms with E-state index in [2.05, 4.69) is 19.7 Å². The molecule has 112 valence electrons. The highest BCUT2D eigenvalue weighted by Gasteiger charge is 2.20. The van der Waals surface area contributed by atoms with Gasteiger partial charge < -0.3 is 10.5 Å². The first-order valence-electron chi connectivity index (χ1n) is 6.02. The van der Waals surface area contributed by atoms with Gasteiger partial charge in [0.1, 0.15) is 4.90 Å². The lowest BCUT2D eigenvalue weighted by Gasteiger charge is -2.10. The van der Waals surface area contributed by atoms with Crippen LogP contribution >= 0.6 is 0 Å². The third kappa shape index (κ3) is 3.44. The average Bonchev–Trinajstić information content (AvgIpc) is 2.46. The number of hydrogen-bond donors (Lipinski definition) is 2. The van der Waals surface area contributed by atoms with Gasteiger partial charge in [0.15, 0.2) is 0 Å². The van der Waals surface area contributed by atoms with Gasteiger partial charge in [0.2, 0.25) is 11.8 Å². The van der Waals surface area contributed by atoms with Crippen molar-refractivity contribution >= 4 is 16.0 Å². The first-order valence-corrected chi connectivity index (χ1v) is 7.51. The molecule has 0 aliphatic rings. The van der Waals surface area contributed by atoms with Gasteiger partial charge in [-0.15, -0.1) is 0 Å². The van der Waals surface area contributed by atoms with Crippen LogP contribution in [0.1, 0.15) is 11.4 Å². The van der Waals surface area contributed by atoms with Gasteiger partial charge in [-0.25, -0.2) is 18.1 Å². The summed E-state index contributed by atoms with van der Waals surface area (Å²) in [6.45, 7) is 1.71. The summed E-state index contributed by atoms with van der Waals surface area (Å²) in [6.07, 6.45) is 1.48. The van der Waals surface area contributed by atoms with Crippen molar-refractivity contribution in [3.8, 4) is 5.88 Å². The molecule has 0 bridgehead atoms. The first-order chi connectivity index (χ1) is 9.96. The average molecular weight is 309 g/mol. The van der Waals surface area contributed by atoms with E-state index in [0.717, 1.165) is 0 Å². The number of aryl methyl sites for hydroxylation is 1. The number of rotatable bonds is 5. The number of pyridine rings is 1. The van der Waals surface area contributed by atoms with Gasteiger partial charge in [0.05, 0.1) is 12.8 Å². The predicted octanol–water partition coefficient (Wildman–Crippen LogP) is 0.448. The molecule has 2 heterocycles. The summed E-state index contributed by atoms with van der Waals surface area (Å²) in [6, 6.07) is 4.53. The molecule has 0 spiro atoms. The van der Waals surface area contributed by atoms with E-state index in [0.29, 0.717) is 5.69 Å². The minimum Gasteiger partial charge on any atom is -0.481 e. The van der Waals surface area contributed by atoms with E-state index in [4.69, 9.17) is 10.5 Å². The van der Waals surface area contributed by atoms with E-state index < -0.39 is 10.0 Å². The van der Waals surface area contributed by atoms with Crippen LogP contribution in [-0.2, 0) is 16.6 Å². The van der Waals surface area contributed by atoms with Crippen LogP contribution in [-0.4, -0.2) is 30.5 Å². The second-order valence-corrected chi connectivity index (χ2v) is 5.78. The van der Waals surface area contributed by atoms with Gasteiger partial charge >= 0.3 is 0 Å². The van der Waals surface area contributed by atoms with Crippen molar-refractivity contribution < 1.29 is 13.2 Å². The monoisotopic (exact) mass is 309 g/mol. The molecular formula is C12H15N5O3S. The van der Waals surface area contributed by atoms with Crippen LogP contribution in [0.15, 0.2) is 29.3 Å². The summed E-state index contributed by atoms with van der Waals surface area (Å²) in [7, 11) is -2.43. The zero-order valence-electron chi connectivity index (χ0n) is 11.6. The van der Waals surface area contributed by atoms with Gasteiger partial charge in [-0.1, -0.05) is 0 Å². The Labute approximate surface area is 122 Å². The molecule has 0 unspecified atom stereocenters. The van der Waals surface area contributed by atoms with E-state index in [-0.39, 0.29) is 29.0 Å². The third-order valence-corrected chi connectivity index (χ3v) is 4.00. The Bertz CT molecular complexity index is 748. The Morgan fingerprint density at radius 3 is 2.81 bits per heavy atom. The van der Waals surface area contributed by atoms with Gasteiger partial charge in [-0.3, -0.25) is 4.98 Å². The molecule has 0 aliphatic carbocycles. The third-order valence-electron chi connectivity index (χ3n) is 2.60. The highest BCUT2D eigenvalue weighted by Crippen LogP contribution is 2.18. The van der Waals surface area contributed by atoms with Crippen molar-refractivity contribution in [2.45, 2.75) is 18.4 Å². The van der Waals surface area contributed by atoms with Gasteiger partial charge in [0, 0.05) is 24.5 Å². The molecular weight excluding hydrogens is 294 g/mol. The lowest BCUT2D eigenvalue weighted by atomic mass is 10.3. The number of aromatic nitrogens is 3. The number of nitrogens with one attached hydrogen (secondary N) is 1. The van der Waals surface area contributed by atoms with Crippen LogP contribution in [0.4, 0.5) is 5.95 Å². The molecule has 0 atom stereocenters. The van der Waals surface area contributed by atoms with Crippen molar-refractivity contribution in [2.75, 3.05) is 11.8 Å². The Morgan fingerprint density at radius 1 is 1.38 bits per heavy atom. The molecule has 2 rings (SSSR count). The molecule has 0 radical (unpaired) electrons. The molecule has 2 aromatic heterocycles. The van der Waals surface area contributed by atoms with E-state index >= 15 is 0 Å². The number of ether oxygens (including phenoxy) is 1. The molecule has 0 saturated carbocycles. The topological polar surface area (TPSA) is 120 Å². The summed E-state index contributed by atoms with van der Waals surface area (Å²) in [4.78, 5) is 11.9. The molecule has 0 fully saturated rings. The Hall–Kier alpha value is -2.26. The zero-order chi connectivity index (χ0) is 15.5. The Kier molecular flexibility index (Phi) is 4.34. The highest BCUT2D eigenvalue weighted by atomic mass is 32.2. The Morgan fingerprint density at radius 2 is 2.14 bits per heavy atom. The highest BCUT2D eigenvalue weighted by molar-refractivity contribution is 7.92. The molecule has 0 saturated heterocycles. The summed E-state index contributed by atoms with van der Waals surface area (Å²) in [5.41, 5.74) is 6.35. The second-order valence-electron chi connectivity index (χ2n) is 4.13. The number of nitrogens with two attached hydrogens (primary N) is 1. The molecule has 0 aromatic carbocycles. The molecule has 0 amide bonds. The number of nitrogens with zero attached hydrogens (tertiary/aromatic N) is 3. The van der Waals surface area contributed by atoms with Crippen molar-refractivity contribution in [1.29, 1.82) is 0 Å². The number of hydrogen-bond acceptors (Lipinski definition) is 7. The Balaban J connectivity index is 2.40. The van der Waals surface area contributed by atoms with Crippen molar-refractivity contribution in [1.82, 2.24) is 15.0 Å². The summed E-state index contributed by atoms with van der Waals surface area (Å²) in [5.74, 6) is 0.198. The molecule has 21 heavy (non-hydrogen) atoms. The normalized spacial score (nSPS) is 11.2. The molecule has 0 aliphatic heterocycles. The maximum atomic E-state index is 12.4. The zero-order valence-corrected chi connectivity index (χ0v) is 12.4. The van der Waals surface area contributed by atoms with Crippen LogP contribution in [0.5, 0.6) is 5.88 Å². The summed E-state index contributed by atoms with van der Waals surface area (Å²) in [5, 5.41) is 0. The number of anilines is 1. The fourth-order valence-corrected chi connectivity index (χ4v) is 2.83. The van der Waals surface area contributed by atoms with Crippen LogP contribution < -0.4 is 15.2 Å². The van der Waals surface area contributed by atoms with Crippen LogP contribution in [0, 0.1) is 6.92 Å². The van der Waals surface area contributed by atoms with Crippen LogP contribution in [0.3, 0.4) is 0 Å². The van der Waals surface area contributed by atoms with Gasteiger partial charge in [-0.2, -0.15) is 4.98 Å². The SMILES string of the molecule is COc1cc(C)nc(NS(=O)(=O)c2cccnc2CN)n1. The lowest BCUT2D eigenvalue weighted by molar-refractivity contribution is 0.397.